The van der Waals surface area contributed by atoms with Crippen LogP contribution in [0, 0.1) is 0 Å². The summed E-state index contributed by atoms with van der Waals surface area (Å²) in [6.45, 7) is 13.6. The summed E-state index contributed by atoms with van der Waals surface area (Å²) in [7, 11) is 0. The second kappa shape index (κ2) is 6.06. The standard InChI is InChI=1S/C17H28N2/c1-5-17(4)13-19(11-10-18-17)12-15-6-8-16(9-7-15)14(2)3/h6-9,14,18H,5,10-13H2,1-4H3. The first-order valence-electron chi connectivity index (χ1n) is 7.58. The van der Waals surface area contributed by atoms with E-state index in [9.17, 15) is 0 Å². The molecule has 1 aromatic carbocycles. The Morgan fingerprint density at radius 3 is 2.53 bits per heavy atom. The predicted molar refractivity (Wildman–Crippen MR) is 82.5 cm³/mol. The Morgan fingerprint density at radius 1 is 1.26 bits per heavy atom. The maximum Gasteiger partial charge on any atom is 0.0278 e. The second-order valence-corrected chi connectivity index (χ2v) is 6.45. The van der Waals surface area contributed by atoms with Crippen LogP contribution in [0.5, 0.6) is 0 Å². The summed E-state index contributed by atoms with van der Waals surface area (Å²) in [6, 6.07) is 9.14. The number of nitrogens with zero attached hydrogens (tertiary/aromatic N) is 1. The van der Waals surface area contributed by atoms with Gasteiger partial charge in [0.05, 0.1) is 0 Å². The molecule has 1 atom stereocenters. The molecule has 0 amide bonds. The van der Waals surface area contributed by atoms with Gasteiger partial charge in [-0.3, -0.25) is 4.90 Å². The van der Waals surface area contributed by atoms with Crippen molar-refractivity contribution in [1.82, 2.24) is 10.2 Å². The molecule has 1 saturated heterocycles. The topological polar surface area (TPSA) is 15.3 Å². The van der Waals surface area contributed by atoms with Crippen LogP contribution in [-0.2, 0) is 6.54 Å². The highest BCUT2D eigenvalue weighted by molar-refractivity contribution is 5.24. The smallest absolute Gasteiger partial charge is 0.0278 e. The Hall–Kier alpha value is -0.860. The zero-order chi connectivity index (χ0) is 13.9. The number of hydrogen-bond donors (Lipinski definition) is 1. The maximum absolute atomic E-state index is 3.64. The van der Waals surface area contributed by atoms with Crippen molar-refractivity contribution >= 4 is 0 Å². The lowest BCUT2D eigenvalue weighted by atomic mass is 9.95. The monoisotopic (exact) mass is 260 g/mol. The van der Waals surface area contributed by atoms with E-state index >= 15 is 0 Å². The van der Waals surface area contributed by atoms with Crippen LogP contribution in [0.25, 0.3) is 0 Å². The lowest BCUT2D eigenvalue weighted by Crippen LogP contribution is -2.58. The molecule has 1 N–H and O–H groups in total. The normalized spacial score (nSPS) is 24.9. The second-order valence-electron chi connectivity index (χ2n) is 6.45. The summed E-state index contributed by atoms with van der Waals surface area (Å²) < 4.78 is 0. The minimum absolute atomic E-state index is 0.288. The molecule has 0 bridgehead atoms. The van der Waals surface area contributed by atoms with Crippen molar-refractivity contribution in [3.63, 3.8) is 0 Å². The third kappa shape index (κ3) is 3.80. The highest BCUT2D eigenvalue weighted by atomic mass is 15.2. The van der Waals surface area contributed by atoms with Gasteiger partial charge in [0.15, 0.2) is 0 Å². The van der Waals surface area contributed by atoms with Crippen molar-refractivity contribution in [3.8, 4) is 0 Å². The van der Waals surface area contributed by atoms with E-state index in [1.165, 1.54) is 17.5 Å². The van der Waals surface area contributed by atoms with E-state index < -0.39 is 0 Å². The number of piperazine rings is 1. The fourth-order valence-corrected chi connectivity index (χ4v) is 2.78. The fraction of sp³-hybridized carbons (Fsp3) is 0.647. The molecule has 1 fully saturated rings. The molecule has 1 heterocycles. The SMILES string of the molecule is CCC1(C)CN(Cc2ccc(C(C)C)cc2)CCN1. The van der Waals surface area contributed by atoms with Gasteiger partial charge in [-0.25, -0.2) is 0 Å². The van der Waals surface area contributed by atoms with E-state index in [1.54, 1.807) is 0 Å². The molecule has 2 heteroatoms. The molecule has 1 aliphatic heterocycles. The van der Waals surface area contributed by atoms with Gasteiger partial charge in [0.25, 0.3) is 0 Å². The molecule has 2 rings (SSSR count). The molecule has 1 aromatic rings. The third-order valence-electron chi connectivity index (χ3n) is 4.39. The molecule has 0 radical (unpaired) electrons. The largest absolute Gasteiger partial charge is 0.309 e. The van der Waals surface area contributed by atoms with Gasteiger partial charge in [-0.1, -0.05) is 45.0 Å². The molecule has 2 nitrogen and oxygen atoms in total. The molecule has 0 spiro atoms. The average molecular weight is 260 g/mol. The van der Waals surface area contributed by atoms with Crippen LogP contribution in [0.4, 0.5) is 0 Å². The Bertz CT molecular complexity index is 396. The minimum atomic E-state index is 0.288. The Morgan fingerprint density at radius 2 is 1.95 bits per heavy atom. The molecule has 106 valence electrons. The highest BCUT2D eigenvalue weighted by Crippen LogP contribution is 2.19. The highest BCUT2D eigenvalue weighted by Gasteiger charge is 2.28. The summed E-state index contributed by atoms with van der Waals surface area (Å²) in [4.78, 5) is 2.57. The van der Waals surface area contributed by atoms with Crippen molar-refractivity contribution in [3.05, 3.63) is 35.4 Å². The van der Waals surface area contributed by atoms with Crippen molar-refractivity contribution in [2.45, 2.75) is 52.1 Å². The fourth-order valence-electron chi connectivity index (χ4n) is 2.78. The minimum Gasteiger partial charge on any atom is -0.309 e. The number of benzene rings is 1. The first kappa shape index (κ1) is 14.5. The van der Waals surface area contributed by atoms with Gasteiger partial charge >= 0.3 is 0 Å². The Balaban J connectivity index is 1.97. The summed E-state index contributed by atoms with van der Waals surface area (Å²) in [6.07, 6.45) is 1.19. The molecule has 0 aromatic heterocycles. The van der Waals surface area contributed by atoms with Gasteiger partial charge in [0.1, 0.15) is 0 Å². The Kier molecular flexibility index (Phi) is 4.64. The molecular formula is C17H28N2. The van der Waals surface area contributed by atoms with Gasteiger partial charge in [0.2, 0.25) is 0 Å². The predicted octanol–water partition coefficient (Wildman–Crippen LogP) is 3.38. The van der Waals surface area contributed by atoms with Crippen LogP contribution < -0.4 is 5.32 Å². The first-order valence-corrected chi connectivity index (χ1v) is 7.58. The summed E-state index contributed by atoms with van der Waals surface area (Å²) in [5.74, 6) is 0.622. The van der Waals surface area contributed by atoms with Crippen molar-refractivity contribution in [1.29, 1.82) is 0 Å². The molecular weight excluding hydrogens is 232 g/mol. The zero-order valence-electron chi connectivity index (χ0n) is 12.9. The van der Waals surface area contributed by atoms with E-state index in [4.69, 9.17) is 0 Å². The summed E-state index contributed by atoms with van der Waals surface area (Å²) in [5, 5.41) is 3.64. The van der Waals surface area contributed by atoms with E-state index in [0.29, 0.717) is 5.92 Å². The molecule has 0 aliphatic carbocycles. The van der Waals surface area contributed by atoms with Crippen LogP contribution in [0.3, 0.4) is 0 Å². The average Bonchev–Trinajstić information content (AvgIpc) is 2.39. The van der Waals surface area contributed by atoms with E-state index in [0.717, 1.165) is 26.2 Å². The molecule has 19 heavy (non-hydrogen) atoms. The lowest BCUT2D eigenvalue weighted by Gasteiger charge is -2.41. The van der Waals surface area contributed by atoms with Crippen LogP contribution in [0.1, 0.15) is 51.2 Å². The van der Waals surface area contributed by atoms with Gasteiger partial charge in [0, 0.05) is 31.7 Å². The summed E-state index contributed by atoms with van der Waals surface area (Å²) in [5.41, 5.74) is 3.16. The van der Waals surface area contributed by atoms with Crippen molar-refractivity contribution in [2.24, 2.45) is 0 Å². The summed E-state index contributed by atoms with van der Waals surface area (Å²) >= 11 is 0. The molecule has 1 unspecified atom stereocenters. The van der Waals surface area contributed by atoms with Crippen LogP contribution >= 0.6 is 0 Å². The third-order valence-corrected chi connectivity index (χ3v) is 4.39. The van der Waals surface area contributed by atoms with E-state index in [1.807, 2.05) is 0 Å². The maximum atomic E-state index is 3.64. The van der Waals surface area contributed by atoms with Crippen LogP contribution in [-0.4, -0.2) is 30.1 Å². The van der Waals surface area contributed by atoms with Gasteiger partial charge in [-0.05, 0) is 30.4 Å². The lowest BCUT2D eigenvalue weighted by molar-refractivity contribution is 0.133. The quantitative estimate of drug-likeness (QED) is 0.893. The van der Waals surface area contributed by atoms with Crippen LogP contribution in [0.2, 0.25) is 0 Å². The molecule has 0 saturated carbocycles. The number of hydrogen-bond acceptors (Lipinski definition) is 2. The van der Waals surface area contributed by atoms with Crippen LogP contribution in [0.15, 0.2) is 24.3 Å². The number of rotatable bonds is 4. The van der Waals surface area contributed by atoms with Gasteiger partial charge < -0.3 is 5.32 Å². The van der Waals surface area contributed by atoms with Crippen molar-refractivity contribution in [2.75, 3.05) is 19.6 Å². The molecule has 1 aliphatic rings. The number of nitrogens with one attached hydrogen (secondary N) is 1. The Labute approximate surface area is 118 Å². The van der Waals surface area contributed by atoms with Gasteiger partial charge in [-0.15, -0.1) is 0 Å². The zero-order valence-corrected chi connectivity index (χ0v) is 12.9. The van der Waals surface area contributed by atoms with E-state index in [2.05, 4.69) is 62.2 Å². The first-order chi connectivity index (χ1) is 9.02. The van der Waals surface area contributed by atoms with E-state index in [-0.39, 0.29) is 5.54 Å². The van der Waals surface area contributed by atoms with Crippen molar-refractivity contribution < 1.29 is 0 Å². The van der Waals surface area contributed by atoms with Gasteiger partial charge in [-0.2, -0.15) is 0 Å².